The number of amides is 1. The molecule has 1 N–H and O–H groups in total. The molecule has 4 heterocycles. The molecule has 2 atom stereocenters. The Labute approximate surface area is 167 Å². The molecule has 29 heavy (non-hydrogen) atoms. The lowest BCUT2D eigenvalue weighted by molar-refractivity contribution is 0.0777. The number of anilines is 1. The van der Waals surface area contributed by atoms with E-state index in [4.69, 9.17) is 4.74 Å². The van der Waals surface area contributed by atoms with Crippen LogP contribution in [0.25, 0.3) is 0 Å². The third-order valence-electron chi connectivity index (χ3n) is 5.61. The van der Waals surface area contributed by atoms with E-state index in [1.165, 1.54) is 0 Å². The monoisotopic (exact) mass is 401 g/mol. The van der Waals surface area contributed by atoms with Crippen molar-refractivity contribution < 1.29 is 13.9 Å². The molecule has 4 rings (SSSR count). The third kappa shape index (κ3) is 3.56. The number of aromatic amines is 1. The molecule has 8 nitrogen and oxygen atoms in total. The first-order valence-electron chi connectivity index (χ1n) is 9.92. The number of hydrogen-bond donors (Lipinski definition) is 1. The van der Waals surface area contributed by atoms with Crippen LogP contribution in [0.5, 0.6) is 5.88 Å². The molecule has 0 aromatic carbocycles. The predicted octanol–water partition coefficient (Wildman–Crippen LogP) is 1.47. The smallest absolute Gasteiger partial charge is 0.288 e. The average molecular weight is 401 g/mol. The zero-order valence-corrected chi connectivity index (χ0v) is 16.5. The van der Waals surface area contributed by atoms with Crippen LogP contribution in [0.1, 0.15) is 29.9 Å². The topological polar surface area (TPSA) is 91.4 Å². The van der Waals surface area contributed by atoms with Gasteiger partial charge in [0.2, 0.25) is 17.6 Å². The van der Waals surface area contributed by atoms with E-state index in [1.807, 2.05) is 16.7 Å². The minimum absolute atomic E-state index is 0.0796. The summed E-state index contributed by atoms with van der Waals surface area (Å²) >= 11 is 0. The molecule has 2 aliphatic rings. The van der Waals surface area contributed by atoms with Crippen LogP contribution in [-0.2, 0) is 6.42 Å². The second kappa shape index (κ2) is 7.81. The molecule has 2 fully saturated rings. The standard InChI is InChI=1S/C20H24FN5O3/c1-3-15-16(21)17(27)24-20(23-15)26-10-12-8-25(9-13(12)11-26)19(28)14-6-5-7-22-18(14)29-4-2/h5-7,12-13H,3-4,8-11H2,1-2H3,(H,23,24,27). The molecule has 0 radical (unpaired) electrons. The van der Waals surface area contributed by atoms with Gasteiger partial charge in [-0.25, -0.2) is 9.97 Å². The number of rotatable bonds is 5. The van der Waals surface area contributed by atoms with Gasteiger partial charge in [-0.15, -0.1) is 0 Å². The molecule has 0 spiro atoms. The number of H-pyrrole nitrogens is 1. The van der Waals surface area contributed by atoms with Gasteiger partial charge in [-0.05, 0) is 25.5 Å². The fraction of sp³-hybridized carbons (Fsp3) is 0.500. The lowest BCUT2D eigenvalue weighted by Crippen LogP contribution is -2.35. The van der Waals surface area contributed by atoms with Gasteiger partial charge in [0.15, 0.2) is 0 Å². The zero-order chi connectivity index (χ0) is 20.5. The normalized spacial score (nSPS) is 20.8. The maximum Gasteiger partial charge on any atom is 0.288 e. The first kappa shape index (κ1) is 19.4. The van der Waals surface area contributed by atoms with Gasteiger partial charge in [0.1, 0.15) is 5.56 Å². The van der Waals surface area contributed by atoms with Gasteiger partial charge in [0, 0.05) is 44.2 Å². The number of aryl methyl sites for hydroxylation is 1. The second-order valence-corrected chi connectivity index (χ2v) is 7.43. The summed E-state index contributed by atoms with van der Waals surface area (Å²) in [5.41, 5.74) is -0.0818. The highest BCUT2D eigenvalue weighted by Crippen LogP contribution is 2.34. The minimum atomic E-state index is -0.811. The van der Waals surface area contributed by atoms with Crippen molar-refractivity contribution in [2.24, 2.45) is 11.8 Å². The number of nitrogens with zero attached hydrogens (tertiary/aromatic N) is 4. The van der Waals surface area contributed by atoms with Crippen LogP contribution in [0.4, 0.5) is 10.3 Å². The number of carbonyl (C=O) groups excluding carboxylic acids is 1. The van der Waals surface area contributed by atoms with E-state index in [9.17, 15) is 14.0 Å². The van der Waals surface area contributed by atoms with Crippen molar-refractivity contribution in [2.45, 2.75) is 20.3 Å². The van der Waals surface area contributed by atoms with Crippen LogP contribution >= 0.6 is 0 Å². The van der Waals surface area contributed by atoms with Crippen LogP contribution in [0, 0.1) is 17.7 Å². The van der Waals surface area contributed by atoms with Crippen molar-refractivity contribution in [1.29, 1.82) is 0 Å². The number of nitrogens with one attached hydrogen (secondary N) is 1. The average Bonchev–Trinajstić information content (AvgIpc) is 3.29. The van der Waals surface area contributed by atoms with Crippen molar-refractivity contribution in [2.75, 3.05) is 37.7 Å². The number of halogens is 1. The summed E-state index contributed by atoms with van der Waals surface area (Å²) in [6.45, 7) is 6.63. The van der Waals surface area contributed by atoms with Crippen molar-refractivity contribution in [3.8, 4) is 5.88 Å². The second-order valence-electron chi connectivity index (χ2n) is 7.43. The maximum atomic E-state index is 13.8. The Morgan fingerprint density at radius 1 is 1.28 bits per heavy atom. The van der Waals surface area contributed by atoms with Gasteiger partial charge >= 0.3 is 0 Å². The Morgan fingerprint density at radius 2 is 2.00 bits per heavy atom. The first-order valence-corrected chi connectivity index (χ1v) is 9.92. The number of pyridine rings is 1. The Balaban J connectivity index is 1.46. The Bertz CT molecular complexity index is 965. The molecule has 0 aliphatic carbocycles. The molecule has 2 saturated heterocycles. The highest BCUT2D eigenvalue weighted by molar-refractivity contribution is 5.96. The van der Waals surface area contributed by atoms with Gasteiger partial charge in [-0.2, -0.15) is 4.39 Å². The van der Waals surface area contributed by atoms with E-state index in [1.54, 1.807) is 25.3 Å². The summed E-state index contributed by atoms with van der Waals surface area (Å²) in [6.07, 6.45) is 1.97. The fourth-order valence-corrected chi connectivity index (χ4v) is 4.18. The molecular formula is C20H24FN5O3. The highest BCUT2D eigenvalue weighted by Gasteiger charge is 2.43. The molecule has 154 valence electrons. The number of carbonyl (C=O) groups is 1. The molecule has 2 aromatic heterocycles. The highest BCUT2D eigenvalue weighted by atomic mass is 19.1. The fourth-order valence-electron chi connectivity index (χ4n) is 4.18. The Hall–Kier alpha value is -2.97. The third-order valence-corrected chi connectivity index (χ3v) is 5.61. The van der Waals surface area contributed by atoms with Crippen molar-refractivity contribution in [3.63, 3.8) is 0 Å². The SMILES string of the molecule is CCOc1ncccc1C(=O)N1CC2CN(c3nc(CC)c(F)c(=O)[nH]3)CC2C1. The molecule has 2 aromatic rings. The van der Waals surface area contributed by atoms with Crippen LogP contribution in [0.15, 0.2) is 23.1 Å². The predicted molar refractivity (Wildman–Crippen MR) is 105 cm³/mol. The van der Waals surface area contributed by atoms with E-state index in [0.29, 0.717) is 56.6 Å². The van der Waals surface area contributed by atoms with Crippen LogP contribution < -0.4 is 15.2 Å². The van der Waals surface area contributed by atoms with Crippen molar-refractivity contribution >= 4 is 11.9 Å². The Morgan fingerprint density at radius 3 is 2.66 bits per heavy atom. The summed E-state index contributed by atoms with van der Waals surface area (Å²) < 4.78 is 19.3. The summed E-state index contributed by atoms with van der Waals surface area (Å²) in [6, 6.07) is 3.47. The first-order chi connectivity index (χ1) is 14.0. The molecule has 2 aliphatic heterocycles. The maximum absolute atomic E-state index is 13.8. The zero-order valence-electron chi connectivity index (χ0n) is 16.5. The van der Waals surface area contributed by atoms with Crippen molar-refractivity contribution in [3.05, 3.63) is 45.8 Å². The van der Waals surface area contributed by atoms with Crippen molar-refractivity contribution in [1.82, 2.24) is 19.9 Å². The number of fused-ring (bicyclic) bond motifs is 1. The van der Waals surface area contributed by atoms with E-state index >= 15 is 0 Å². The number of aromatic nitrogens is 3. The van der Waals surface area contributed by atoms with Crippen LogP contribution in [0.2, 0.25) is 0 Å². The van der Waals surface area contributed by atoms with Gasteiger partial charge in [0.05, 0.1) is 12.3 Å². The summed E-state index contributed by atoms with van der Waals surface area (Å²) in [7, 11) is 0. The van der Waals surface area contributed by atoms with E-state index in [0.717, 1.165) is 0 Å². The van der Waals surface area contributed by atoms with E-state index in [-0.39, 0.29) is 23.4 Å². The number of likely N-dealkylation sites (tertiary alicyclic amines) is 1. The molecule has 0 saturated carbocycles. The van der Waals surface area contributed by atoms with Gasteiger partial charge in [0.25, 0.3) is 11.5 Å². The molecule has 2 unspecified atom stereocenters. The van der Waals surface area contributed by atoms with Gasteiger partial charge in [-0.3, -0.25) is 14.6 Å². The lowest BCUT2D eigenvalue weighted by Gasteiger charge is -2.23. The lowest BCUT2D eigenvalue weighted by atomic mass is 10.0. The number of ether oxygens (including phenoxy) is 1. The molecule has 1 amide bonds. The largest absolute Gasteiger partial charge is 0.477 e. The van der Waals surface area contributed by atoms with Gasteiger partial charge < -0.3 is 14.5 Å². The van der Waals surface area contributed by atoms with E-state index in [2.05, 4.69) is 15.0 Å². The Kier molecular flexibility index (Phi) is 5.21. The summed E-state index contributed by atoms with van der Waals surface area (Å²) in [5, 5.41) is 0. The summed E-state index contributed by atoms with van der Waals surface area (Å²) in [5.74, 6) is 0.418. The molecule has 0 bridgehead atoms. The minimum Gasteiger partial charge on any atom is -0.477 e. The summed E-state index contributed by atoms with van der Waals surface area (Å²) in [4.78, 5) is 39.6. The van der Waals surface area contributed by atoms with Gasteiger partial charge in [-0.1, -0.05) is 6.92 Å². The van der Waals surface area contributed by atoms with Crippen LogP contribution in [0.3, 0.4) is 0 Å². The van der Waals surface area contributed by atoms with Crippen LogP contribution in [-0.4, -0.2) is 58.5 Å². The number of hydrogen-bond acceptors (Lipinski definition) is 6. The quantitative estimate of drug-likeness (QED) is 0.816. The van der Waals surface area contributed by atoms with E-state index < -0.39 is 11.4 Å². The molecule has 9 heteroatoms. The molecular weight excluding hydrogens is 377 g/mol.